The number of piperidine rings is 1. The minimum absolute atomic E-state index is 0.114. The smallest absolute Gasteiger partial charge is 0.307 e. The van der Waals surface area contributed by atoms with Crippen LogP contribution in [0, 0.1) is 5.92 Å². The number of benzene rings is 1. The minimum Gasteiger partial charge on any atom is -0.493 e. The normalized spacial score (nSPS) is 25.0. The molecule has 3 fully saturated rings. The molecule has 3 aliphatic rings. The molecule has 2 bridgehead atoms. The van der Waals surface area contributed by atoms with Crippen molar-refractivity contribution in [2.45, 2.75) is 92.8 Å². The van der Waals surface area contributed by atoms with E-state index in [0.717, 1.165) is 18.9 Å². The second-order valence-corrected chi connectivity index (χ2v) is 14.4. The molecule has 2 aromatic rings. The van der Waals surface area contributed by atoms with Gasteiger partial charge in [-0.15, -0.1) is 11.3 Å². The number of carbonyl (C=O) groups is 1. The van der Waals surface area contributed by atoms with Gasteiger partial charge in [0.25, 0.3) is 0 Å². The Morgan fingerprint density at radius 1 is 1.08 bits per heavy atom. The zero-order chi connectivity index (χ0) is 27.8. The minimum atomic E-state index is -4.49. The SMILES string of the molecule is NC1CC2CCC(C1)N2C(=O)[C@@H](NS(=O)(=O)c1ccc(OCC2CCCCC2)cc1)C(F)(F)c1ccc(Cl)s1. The Bertz CT molecular complexity index is 1250. The van der Waals surface area contributed by atoms with E-state index < -0.39 is 32.8 Å². The van der Waals surface area contributed by atoms with Crippen LogP contribution < -0.4 is 15.2 Å². The van der Waals surface area contributed by atoms with Gasteiger partial charge in [-0.2, -0.15) is 13.5 Å². The number of thiophene rings is 1. The molecule has 214 valence electrons. The van der Waals surface area contributed by atoms with Crippen molar-refractivity contribution >= 4 is 38.9 Å². The summed E-state index contributed by atoms with van der Waals surface area (Å²) in [6, 6.07) is 5.04. The predicted molar refractivity (Wildman–Crippen MR) is 147 cm³/mol. The van der Waals surface area contributed by atoms with Crippen molar-refractivity contribution in [2.24, 2.45) is 11.7 Å². The topological polar surface area (TPSA) is 102 Å². The molecular formula is C27H34ClF2N3O4S2. The van der Waals surface area contributed by atoms with Crippen molar-refractivity contribution in [3.05, 3.63) is 45.6 Å². The van der Waals surface area contributed by atoms with Crippen LogP contribution >= 0.6 is 22.9 Å². The molecule has 12 heteroatoms. The van der Waals surface area contributed by atoms with Crippen LogP contribution in [0.5, 0.6) is 5.75 Å². The molecule has 2 aliphatic heterocycles. The molecule has 1 aromatic carbocycles. The molecule has 3 N–H and O–H groups in total. The predicted octanol–water partition coefficient (Wildman–Crippen LogP) is 5.28. The third-order valence-electron chi connectivity index (χ3n) is 8.15. The summed E-state index contributed by atoms with van der Waals surface area (Å²) in [4.78, 5) is 14.4. The Labute approximate surface area is 237 Å². The number of rotatable bonds is 9. The molecule has 1 aliphatic carbocycles. The monoisotopic (exact) mass is 601 g/mol. The van der Waals surface area contributed by atoms with Gasteiger partial charge in [0.05, 0.1) is 20.7 Å². The Kier molecular flexibility index (Phi) is 8.54. The second-order valence-electron chi connectivity index (χ2n) is 10.9. The van der Waals surface area contributed by atoms with E-state index in [1.54, 1.807) is 0 Å². The van der Waals surface area contributed by atoms with Crippen molar-refractivity contribution < 1.29 is 26.7 Å². The number of hydrogen-bond acceptors (Lipinski definition) is 6. The number of carbonyl (C=O) groups excluding carboxylic acids is 1. The highest BCUT2D eigenvalue weighted by Gasteiger charge is 2.54. The number of sulfonamides is 1. The molecule has 1 saturated carbocycles. The molecular weight excluding hydrogens is 568 g/mol. The van der Waals surface area contributed by atoms with Gasteiger partial charge in [-0.3, -0.25) is 4.79 Å². The lowest BCUT2D eigenvalue weighted by molar-refractivity contribution is -0.148. The van der Waals surface area contributed by atoms with Gasteiger partial charge in [-0.1, -0.05) is 30.9 Å². The van der Waals surface area contributed by atoms with Crippen LogP contribution in [0.25, 0.3) is 0 Å². The van der Waals surface area contributed by atoms with Gasteiger partial charge in [0, 0.05) is 18.1 Å². The Balaban J connectivity index is 1.37. The summed E-state index contributed by atoms with van der Waals surface area (Å²) in [5, 5.41) is 0. The molecule has 2 saturated heterocycles. The lowest BCUT2D eigenvalue weighted by atomic mass is 9.90. The number of fused-ring (bicyclic) bond motifs is 2. The first-order valence-electron chi connectivity index (χ1n) is 13.5. The molecule has 0 radical (unpaired) electrons. The van der Waals surface area contributed by atoms with Crippen LogP contribution in [0.1, 0.15) is 62.7 Å². The summed E-state index contributed by atoms with van der Waals surface area (Å²) >= 11 is 6.54. The fourth-order valence-corrected chi connectivity index (χ4v) is 8.39. The van der Waals surface area contributed by atoms with E-state index in [9.17, 15) is 13.2 Å². The van der Waals surface area contributed by atoms with E-state index in [2.05, 4.69) is 4.72 Å². The van der Waals surface area contributed by atoms with Crippen LogP contribution in [0.2, 0.25) is 4.34 Å². The van der Waals surface area contributed by atoms with Gasteiger partial charge in [-0.05, 0) is 80.8 Å². The first kappa shape index (κ1) is 28.7. The first-order valence-corrected chi connectivity index (χ1v) is 16.2. The number of nitrogens with zero attached hydrogens (tertiary/aromatic N) is 1. The van der Waals surface area contributed by atoms with E-state index in [0.29, 0.717) is 55.3 Å². The number of alkyl halides is 2. The van der Waals surface area contributed by atoms with Gasteiger partial charge < -0.3 is 15.4 Å². The van der Waals surface area contributed by atoms with Crippen molar-refractivity contribution in [3.8, 4) is 5.75 Å². The van der Waals surface area contributed by atoms with Gasteiger partial charge in [0.15, 0.2) is 6.04 Å². The van der Waals surface area contributed by atoms with E-state index >= 15 is 8.78 Å². The van der Waals surface area contributed by atoms with Crippen LogP contribution in [0.4, 0.5) is 8.78 Å². The van der Waals surface area contributed by atoms with E-state index in [1.165, 1.54) is 54.5 Å². The average Bonchev–Trinajstić information content (AvgIpc) is 3.47. The van der Waals surface area contributed by atoms with Crippen molar-refractivity contribution in [1.29, 1.82) is 0 Å². The van der Waals surface area contributed by atoms with Crippen LogP contribution in [0.15, 0.2) is 41.3 Å². The fourth-order valence-electron chi connectivity index (χ4n) is 6.15. The quantitative estimate of drug-likeness (QED) is 0.407. The molecule has 3 atom stereocenters. The summed E-state index contributed by atoms with van der Waals surface area (Å²) in [7, 11) is -4.49. The Morgan fingerprint density at radius 2 is 1.72 bits per heavy atom. The first-order chi connectivity index (χ1) is 18.5. The van der Waals surface area contributed by atoms with Crippen molar-refractivity contribution in [3.63, 3.8) is 0 Å². The van der Waals surface area contributed by atoms with Crippen LogP contribution in [-0.4, -0.2) is 50.0 Å². The van der Waals surface area contributed by atoms with Crippen LogP contribution in [0.3, 0.4) is 0 Å². The molecule has 3 heterocycles. The van der Waals surface area contributed by atoms with Crippen molar-refractivity contribution in [1.82, 2.24) is 9.62 Å². The molecule has 0 spiro atoms. The van der Waals surface area contributed by atoms with Crippen molar-refractivity contribution in [2.75, 3.05) is 6.61 Å². The van der Waals surface area contributed by atoms with Gasteiger partial charge in [0.1, 0.15) is 5.75 Å². The number of nitrogens with two attached hydrogens (primary N) is 1. The number of halogens is 3. The zero-order valence-corrected chi connectivity index (χ0v) is 23.9. The molecule has 1 amide bonds. The average molecular weight is 602 g/mol. The summed E-state index contributed by atoms with van der Waals surface area (Å²) in [5.41, 5.74) is 6.11. The highest BCUT2D eigenvalue weighted by atomic mass is 35.5. The second kappa shape index (κ2) is 11.6. The number of amides is 1. The number of hydrogen-bond donors (Lipinski definition) is 2. The highest BCUT2D eigenvalue weighted by molar-refractivity contribution is 7.89. The van der Waals surface area contributed by atoms with Gasteiger partial charge in [-0.25, -0.2) is 8.42 Å². The summed E-state index contributed by atoms with van der Waals surface area (Å²) < 4.78 is 66.6. The summed E-state index contributed by atoms with van der Waals surface area (Å²) in [6.45, 7) is 0.554. The Morgan fingerprint density at radius 3 is 2.31 bits per heavy atom. The lowest BCUT2D eigenvalue weighted by Crippen LogP contribution is -2.60. The summed E-state index contributed by atoms with van der Waals surface area (Å²) in [6.07, 6.45) is 8.14. The van der Waals surface area contributed by atoms with E-state index in [-0.39, 0.29) is 27.4 Å². The van der Waals surface area contributed by atoms with Crippen LogP contribution in [-0.2, 0) is 20.7 Å². The van der Waals surface area contributed by atoms with E-state index in [4.69, 9.17) is 22.1 Å². The number of ether oxygens (including phenoxy) is 1. The largest absolute Gasteiger partial charge is 0.493 e. The molecule has 5 rings (SSSR count). The third kappa shape index (κ3) is 6.27. The molecule has 2 unspecified atom stereocenters. The fraction of sp³-hybridized carbons (Fsp3) is 0.593. The van der Waals surface area contributed by atoms with E-state index in [1.807, 2.05) is 0 Å². The zero-order valence-electron chi connectivity index (χ0n) is 21.5. The highest BCUT2D eigenvalue weighted by Crippen LogP contribution is 2.42. The number of nitrogens with one attached hydrogen (secondary N) is 1. The maximum atomic E-state index is 15.9. The molecule has 1 aromatic heterocycles. The maximum absolute atomic E-state index is 15.9. The van der Waals surface area contributed by atoms with Gasteiger partial charge in [0.2, 0.25) is 15.9 Å². The van der Waals surface area contributed by atoms with Gasteiger partial charge >= 0.3 is 5.92 Å². The molecule has 7 nitrogen and oxygen atoms in total. The molecule has 39 heavy (non-hydrogen) atoms. The summed E-state index contributed by atoms with van der Waals surface area (Å²) in [5.74, 6) is -3.79. The third-order valence-corrected chi connectivity index (χ3v) is 10.9. The lowest BCUT2D eigenvalue weighted by Gasteiger charge is -2.40. The Hall–Kier alpha value is -1.79. The standard InChI is InChI=1S/C27H34ClF2N3O4S2/c28-24-13-12-23(38-24)27(29,30)25(26(34)33-19-6-7-20(33)15-18(31)14-19)32-39(35,36)22-10-8-21(9-11-22)37-16-17-4-2-1-3-5-17/h8-13,17-20,25,32H,1-7,14-16,31H2/t18?,19?,20?,25-/m1/s1. The maximum Gasteiger partial charge on any atom is 0.307 e.